The predicted molar refractivity (Wildman–Crippen MR) is 70.6 cm³/mol. The van der Waals surface area contributed by atoms with Crippen LogP contribution >= 0.6 is 0 Å². The van der Waals surface area contributed by atoms with Crippen molar-refractivity contribution in [2.75, 3.05) is 13.7 Å². The third-order valence-electron chi connectivity index (χ3n) is 3.63. The number of fused-ring (bicyclic) bond motifs is 1. The third-order valence-corrected chi connectivity index (χ3v) is 3.63. The van der Waals surface area contributed by atoms with Gasteiger partial charge in [0.25, 0.3) is 0 Å². The van der Waals surface area contributed by atoms with Crippen LogP contribution in [0, 0.1) is 0 Å². The Labute approximate surface area is 120 Å². The van der Waals surface area contributed by atoms with Gasteiger partial charge in [-0.05, 0) is 12.1 Å². The molecule has 1 aromatic carbocycles. The summed E-state index contributed by atoms with van der Waals surface area (Å²) in [6.07, 6.45) is -0.624. The molecule has 3 rings (SSSR count). The Balaban J connectivity index is 1.67. The number of rotatable bonds is 4. The van der Waals surface area contributed by atoms with Crippen LogP contribution in [0.3, 0.4) is 0 Å². The van der Waals surface area contributed by atoms with Crippen LogP contribution in [0.25, 0.3) is 0 Å². The van der Waals surface area contributed by atoms with E-state index in [4.69, 9.17) is 14.2 Å². The molecule has 0 spiro atoms. The molecular formula is C15H14O6. The number of carbonyl (C=O) groups is 2. The van der Waals surface area contributed by atoms with E-state index in [9.17, 15) is 14.7 Å². The maximum atomic E-state index is 11.9. The zero-order valence-electron chi connectivity index (χ0n) is 11.4. The van der Waals surface area contributed by atoms with Gasteiger partial charge in [-0.3, -0.25) is 4.79 Å². The van der Waals surface area contributed by atoms with Crippen molar-refractivity contribution < 1.29 is 28.9 Å². The molecule has 1 heterocycles. The molecule has 2 unspecified atom stereocenters. The summed E-state index contributed by atoms with van der Waals surface area (Å²) >= 11 is 0. The van der Waals surface area contributed by atoms with Gasteiger partial charge in [-0.15, -0.1) is 0 Å². The molecule has 1 aromatic rings. The summed E-state index contributed by atoms with van der Waals surface area (Å²) < 4.78 is 15.4. The van der Waals surface area contributed by atoms with Crippen molar-refractivity contribution in [3.8, 4) is 0 Å². The van der Waals surface area contributed by atoms with Gasteiger partial charge in [0.1, 0.15) is 12.2 Å². The molecular weight excluding hydrogens is 276 g/mol. The van der Waals surface area contributed by atoms with Crippen LogP contribution in [-0.2, 0) is 19.0 Å². The van der Waals surface area contributed by atoms with Gasteiger partial charge in [-0.25, -0.2) is 4.79 Å². The normalized spacial score (nSPS) is 27.1. The van der Waals surface area contributed by atoms with Gasteiger partial charge in [-0.1, -0.05) is 18.2 Å². The van der Waals surface area contributed by atoms with Crippen molar-refractivity contribution in [1.29, 1.82) is 0 Å². The second kappa shape index (κ2) is 4.89. The van der Waals surface area contributed by atoms with Crippen molar-refractivity contribution in [3.05, 3.63) is 47.4 Å². The van der Waals surface area contributed by atoms with E-state index in [1.807, 2.05) is 0 Å². The minimum atomic E-state index is -0.951. The molecule has 0 aromatic heterocycles. The number of hydrogen-bond acceptors (Lipinski definition) is 6. The lowest BCUT2D eigenvalue weighted by atomic mass is 9.91. The van der Waals surface area contributed by atoms with E-state index >= 15 is 0 Å². The Morgan fingerprint density at radius 3 is 2.81 bits per heavy atom. The molecule has 0 saturated carbocycles. The van der Waals surface area contributed by atoms with Gasteiger partial charge in [0.2, 0.25) is 11.5 Å². The van der Waals surface area contributed by atoms with E-state index in [1.165, 1.54) is 7.11 Å². The summed E-state index contributed by atoms with van der Waals surface area (Å²) in [5.74, 6) is -1.17. The summed E-state index contributed by atoms with van der Waals surface area (Å²) in [6.45, 7) is -0.0851. The quantitative estimate of drug-likeness (QED) is 0.666. The number of aliphatic hydroxyl groups excluding tert-OH is 1. The van der Waals surface area contributed by atoms with Crippen LogP contribution in [0.5, 0.6) is 0 Å². The largest absolute Gasteiger partial charge is 0.506 e. The number of allylic oxidation sites excluding steroid dienone is 1. The first kappa shape index (κ1) is 13.6. The van der Waals surface area contributed by atoms with E-state index in [-0.39, 0.29) is 30.3 Å². The highest BCUT2D eigenvalue weighted by molar-refractivity contribution is 5.97. The number of epoxide rings is 1. The number of hydrogen-bond donors (Lipinski definition) is 1. The first-order valence-corrected chi connectivity index (χ1v) is 6.48. The third kappa shape index (κ3) is 2.27. The summed E-state index contributed by atoms with van der Waals surface area (Å²) in [5.41, 5.74) is -0.529. The number of ether oxygens (including phenoxy) is 3. The van der Waals surface area contributed by atoms with Crippen molar-refractivity contribution in [2.45, 2.75) is 18.1 Å². The van der Waals surface area contributed by atoms with Crippen LogP contribution < -0.4 is 0 Å². The lowest BCUT2D eigenvalue weighted by molar-refractivity contribution is -0.120. The molecule has 1 aliphatic carbocycles. The maximum absolute atomic E-state index is 11.9. The van der Waals surface area contributed by atoms with Gasteiger partial charge in [-0.2, -0.15) is 0 Å². The molecule has 0 radical (unpaired) electrons. The highest BCUT2D eigenvalue weighted by atomic mass is 16.7. The molecule has 1 aliphatic heterocycles. The fourth-order valence-electron chi connectivity index (χ4n) is 2.48. The second-order valence-electron chi connectivity index (χ2n) is 5.02. The van der Waals surface area contributed by atoms with Crippen molar-refractivity contribution in [1.82, 2.24) is 0 Å². The number of ketones is 1. The first-order chi connectivity index (χ1) is 10.1. The summed E-state index contributed by atoms with van der Waals surface area (Å²) in [4.78, 5) is 23.7. The lowest BCUT2D eigenvalue weighted by Gasteiger charge is -2.18. The van der Waals surface area contributed by atoms with E-state index in [1.54, 1.807) is 30.3 Å². The van der Waals surface area contributed by atoms with Gasteiger partial charge in [0.15, 0.2) is 11.9 Å². The second-order valence-corrected chi connectivity index (χ2v) is 5.02. The van der Waals surface area contributed by atoms with E-state index in [0.717, 1.165) is 0 Å². The van der Waals surface area contributed by atoms with Crippen molar-refractivity contribution in [2.24, 2.45) is 0 Å². The number of aliphatic hydroxyl groups is 1. The molecule has 1 fully saturated rings. The minimum Gasteiger partial charge on any atom is -0.506 e. The summed E-state index contributed by atoms with van der Waals surface area (Å²) in [5, 5.41) is 9.87. The van der Waals surface area contributed by atoms with E-state index in [2.05, 4.69) is 0 Å². The van der Waals surface area contributed by atoms with Crippen LogP contribution in [0.1, 0.15) is 16.8 Å². The SMILES string of the molecule is COC1=C(O)C2OC2(COC(=O)c2ccccc2)CC1=O. The predicted octanol–water partition coefficient (Wildman–Crippen LogP) is 1.37. The number of benzene rings is 1. The van der Waals surface area contributed by atoms with Gasteiger partial charge < -0.3 is 19.3 Å². The Hall–Kier alpha value is -2.34. The highest BCUT2D eigenvalue weighted by Crippen LogP contribution is 2.48. The molecule has 1 N–H and O–H groups in total. The van der Waals surface area contributed by atoms with E-state index < -0.39 is 17.7 Å². The fourth-order valence-corrected chi connectivity index (χ4v) is 2.48. The molecule has 2 atom stereocenters. The standard InChI is InChI=1S/C15H14O6/c1-19-12-10(16)7-15(13(21-15)11(12)17)8-20-14(18)9-5-3-2-4-6-9/h2-6,13,17H,7-8H2,1H3. The van der Waals surface area contributed by atoms with Crippen molar-refractivity contribution >= 4 is 11.8 Å². The first-order valence-electron chi connectivity index (χ1n) is 6.48. The number of methoxy groups -OCH3 is 1. The molecule has 21 heavy (non-hydrogen) atoms. The highest BCUT2D eigenvalue weighted by Gasteiger charge is 2.65. The van der Waals surface area contributed by atoms with Gasteiger partial charge in [0.05, 0.1) is 12.7 Å². The summed E-state index contributed by atoms with van der Waals surface area (Å²) in [6, 6.07) is 8.53. The number of Topliss-reactive ketones (excluding diaryl/α,β-unsaturated/α-hetero) is 1. The van der Waals surface area contributed by atoms with Crippen molar-refractivity contribution in [3.63, 3.8) is 0 Å². The zero-order chi connectivity index (χ0) is 15.0. The van der Waals surface area contributed by atoms with Crippen LogP contribution in [0.4, 0.5) is 0 Å². The minimum absolute atomic E-state index is 0.0208. The molecule has 1 saturated heterocycles. The Bertz CT molecular complexity index is 620. The molecule has 0 bridgehead atoms. The lowest BCUT2D eigenvalue weighted by Crippen LogP contribution is -2.33. The summed E-state index contributed by atoms with van der Waals surface area (Å²) in [7, 11) is 1.31. The monoisotopic (exact) mass is 290 g/mol. The van der Waals surface area contributed by atoms with Gasteiger partial charge in [0, 0.05) is 6.42 Å². The van der Waals surface area contributed by atoms with Crippen LogP contribution in [0.2, 0.25) is 0 Å². The molecule has 2 aliphatic rings. The molecule has 6 nitrogen and oxygen atoms in total. The number of carbonyl (C=O) groups excluding carboxylic acids is 2. The topological polar surface area (TPSA) is 85.4 Å². The van der Waals surface area contributed by atoms with Gasteiger partial charge >= 0.3 is 5.97 Å². The average Bonchev–Trinajstić information content (AvgIpc) is 3.21. The molecule has 110 valence electrons. The Kier molecular flexibility index (Phi) is 3.17. The Morgan fingerprint density at radius 1 is 1.43 bits per heavy atom. The Morgan fingerprint density at radius 2 is 2.14 bits per heavy atom. The zero-order valence-corrected chi connectivity index (χ0v) is 11.4. The number of esters is 1. The average molecular weight is 290 g/mol. The fraction of sp³-hybridized carbons (Fsp3) is 0.333. The molecule has 6 heteroatoms. The smallest absolute Gasteiger partial charge is 0.338 e. The maximum Gasteiger partial charge on any atom is 0.338 e. The van der Waals surface area contributed by atoms with E-state index in [0.29, 0.717) is 5.56 Å². The van der Waals surface area contributed by atoms with Crippen LogP contribution in [0.15, 0.2) is 41.9 Å². The van der Waals surface area contributed by atoms with Crippen LogP contribution in [-0.4, -0.2) is 42.3 Å². The molecule has 0 amide bonds.